The SMILES string of the molecule is O=C(CO)CCC/C=C\CC1=CCCC1=O. The molecule has 0 saturated heterocycles. The van der Waals surface area contributed by atoms with E-state index in [-0.39, 0.29) is 18.2 Å². The molecule has 1 aliphatic carbocycles. The molecule has 0 aromatic rings. The Labute approximate surface area is 95.9 Å². The van der Waals surface area contributed by atoms with Crippen LogP contribution in [0, 0.1) is 0 Å². The zero-order chi connectivity index (χ0) is 11.8. The van der Waals surface area contributed by atoms with Crippen LogP contribution in [0.1, 0.15) is 38.5 Å². The fraction of sp³-hybridized carbons (Fsp3) is 0.538. The van der Waals surface area contributed by atoms with Crippen molar-refractivity contribution >= 4 is 11.6 Å². The summed E-state index contributed by atoms with van der Waals surface area (Å²) in [5, 5.41) is 8.50. The maximum atomic E-state index is 11.2. The Balaban J connectivity index is 2.09. The molecular weight excluding hydrogens is 204 g/mol. The molecule has 0 aromatic carbocycles. The van der Waals surface area contributed by atoms with Crippen molar-refractivity contribution in [3.05, 3.63) is 23.8 Å². The van der Waals surface area contributed by atoms with Crippen molar-refractivity contribution < 1.29 is 14.7 Å². The summed E-state index contributed by atoms with van der Waals surface area (Å²) in [7, 11) is 0. The van der Waals surface area contributed by atoms with Gasteiger partial charge in [0.1, 0.15) is 6.61 Å². The highest BCUT2D eigenvalue weighted by molar-refractivity contribution is 5.97. The van der Waals surface area contributed by atoms with Gasteiger partial charge in [0.25, 0.3) is 0 Å². The summed E-state index contributed by atoms with van der Waals surface area (Å²) in [5.41, 5.74) is 0.919. The number of hydrogen-bond donors (Lipinski definition) is 1. The third-order valence-electron chi connectivity index (χ3n) is 2.63. The molecule has 0 radical (unpaired) electrons. The van der Waals surface area contributed by atoms with Crippen LogP contribution >= 0.6 is 0 Å². The lowest BCUT2D eigenvalue weighted by molar-refractivity contribution is -0.121. The zero-order valence-corrected chi connectivity index (χ0v) is 9.45. The first-order valence-electron chi connectivity index (χ1n) is 5.74. The number of aliphatic hydroxyl groups excluding tert-OH is 1. The van der Waals surface area contributed by atoms with E-state index < -0.39 is 0 Å². The number of rotatable bonds is 7. The third kappa shape index (κ3) is 4.53. The lowest BCUT2D eigenvalue weighted by Crippen LogP contribution is -2.02. The van der Waals surface area contributed by atoms with Crippen molar-refractivity contribution in [1.29, 1.82) is 0 Å². The van der Waals surface area contributed by atoms with E-state index >= 15 is 0 Å². The normalized spacial score (nSPS) is 15.8. The fourth-order valence-corrected chi connectivity index (χ4v) is 1.67. The van der Waals surface area contributed by atoms with E-state index in [4.69, 9.17) is 5.11 Å². The van der Waals surface area contributed by atoms with Crippen LogP contribution in [0.25, 0.3) is 0 Å². The van der Waals surface area contributed by atoms with Gasteiger partial charge in [-0.05, 0) is 31.3 Å². The van der Waals surface area contributed by atoms with Gasteiger partial charge in [-0.15, -0.1) is 0 Å². The van der Waals surface area contributed by atoms with Gasteiger partial charge in [-0.1, -0.05) is 18.2 Å². The van der Waals surface area contributed by atoms with E-state index in [0.29, 0.717) is 19.3 Å². The molecular formula is C13H18O3. The van der Waals surface area contributed by atoms with Crippen molar-refractivity contribution in [2.75, 3.05) is 6.61 Å². The summed E-state index contributed by atoms with van der Waals surface area (Å²) in [6.07, 6.45) is 10.3. The number of allylic oxidation sites excluding steroid dienone is 4. The van der Waals surface area contributed by atoms with Crippen LogP contribution in [0.4, 0.5) is 0 Å². The van der Waals surface area contributed by atoms with Crippen molar-refractivity contribution in [3.63, 3.8) is 0 Å². The predicted octanol–water partition coefficient (Wildman–Crippen LogP) is 1.95. The highest BCUT2D eigenvalue weighted by atomic mass is 16.3. The Bertz CT molecular complexity index is 313. The minimum absolute atomic E-state index is 0.109. The maximum absolute atomic E-state index is 11.2. The lowest BCUT2D eigenvalue weighted by Gasteiger charge is -1.95. The van der Waals surface area contributed by atoms with Crippen LogP contribution in [-0.4, -0.2) is 23.3 Å². The Hall–Kier alpha value is -1.22. The van der Waals surface area contributed by atoms with Gasteiger partial charge in [-0.3, -0.25) is 9.59 Å². The van der Waals surface area contributed by atoms with E-state index in [0.717, 1.165) is 24.8 Å². The van der Waals surface area contributed by atoms with E-state index in [1.54, 1.807) is 0 Å². The summed E-state index contributed by atoms with van der Waals surface area (Å²) in [4.78, 5) is 22.0. The second-order valence-corrected chi connectivity index (χ2v) is 3.96. The van der Waals surface area contributed by atoms with Gasteiger partial charge in [0.15, 0.2) is 11.6 Å². The molecule has 1 aliphatic rings. The molecule has 0 unspecified atom stereocenters. The van der Waals surface area contributed by atoms with Crippen LogP contribution in [0.5, 0.6) is 0 Å². The topological polar surface area (TPSA) is 54.4 Å². The Morgan fingerprint density at radius 2 is 2.25 bits per heavy atom. The van der Waals surface area contributed by atoms with Crippen molar-refractivity contribution in [2.45, 2.75) is 38.5 Å². The molecule has 0 heterocycles. The van der Waals surface area contributed by atoms with E-state index in [1.807, 2.05) is 18.2 Å². The average Bonchev–Trinajstić information content (AvgIpc) is 2.69. The highest BCUT2D eigenvalue weighted by Crippen LogP contribution is 2.17. The summed E-state index contributed by atoms with van der Waals surface area (Å²) < 4.78 is 0. The van der Waals surface area contributed by atoms with Gasteiger partial charge in [-0.2, -0.15) is 0 Å². The average molecular weight is 222 g/mol. The molecule has 0 fully saturated rings. The number of unbranched alkanes of at least 4 members (excludes halogenated alkanes) is 1. The van der Waals surface area contributed by atoms with Crippen LogP contribution in [0.2, 0.25) is 0 Å². The number of hydrogen-bond acceptors (Lipinski definition) is 3. The first-order valence-corrected chi connectivity index (χ1v) is 5.74. The molecule has 1 N–H and O–H groups in total. The molecule has 16 heavy (non-hydrogen) atoms. The van der Waals surface area contributed by atoms with Crippen molar-refractivity contribution in [3.8, 4) is 0 Å². The summed E-state index contributed by atoms with van der Waals surface area (Å²) in [6.45, 7) is -0.356. The first-order chi connectivity index (χ1) is 7.74. The number of Topliss-reactive ketones (excluding diaryl/α,β-unsaturated/α-hetero) is 2. The second-order valence-electron chi connectivity index (χ2n) is 3.96. The standard InChI is InChI=1S/C13H18O3/c14-10-12(15)8-4-2-1-3-6-11-7-5-9-13(11)16/h1,3,7,14H,2,4-6,8-10H2/b3-1-. The van der Waals surface area contributed by atoms with Crippen molar-refractivity contribution in [2.24, 2.45) is 0 Å². The van der Waals surface area contributed by atoms with E-state index in [1.165, 1.54) is 0 Å². The molecule has 0 atom stereocenters. The quantitative estimate of drug-likeness (QED) is 0.529. The Morgan fingerprint density at radius 1 is 1.44 bits per heavy atom. The monoisotopic (exact) mass is 222 g/mol. The highest BCUT2D eigenvalue weighted by Gasteiger charge is 2.12. The number of aliphatic hydroxyl groups is 1. The van der Waals surface area contributed by atoms with Crippen LogP contribution in [0.3, 0.4) is 0 Å². The van der Waals surface area contributed by atoms with Crippen molar-refractivity contribution in [1.82, 2.24) is 0 Å². The molecule has 3 heteroatoms. The largest absolute Gasteiger partial charge is 0.389 e. The molecule has 0 saturated carbocycles. The van der Waals surface area contributed by atoms with Gasteiger partial charge < -0.3 is 5.11 Å². The molecule has 0 bridgehead atoms. The second kappa shape index (κ2) is 7.12. The number of carbonyl (C=O) groups excluding carboxylic acids is 2. The van der Waals surface area contributed by atoms with Gasteiger partial charge >= 0.3 is 0 Å². The molecule has 0 spiro atoms. The molecule has 0 aliphatic heterocycles. The minimum Gasteiger partial charge on any atom is -0.389 e. The van der Waals surface area contributed by atoms with Gasteiger partial charge in [-0.25, -0.2) is 0 Å². The molecule has 3 nitrogen and oxygen atoms in total. The Morgan fingerprint density at radius 3 is 2.88 bits per heavy atom. The zero-order valence-electron chi connectivity index (χ0n) is 9.45. The molecule has 1 rings (SSSR count). The fourth-order valence-electron chi connectivity index (χ4n) is 1.67. The molecule has 0 aromatic heterocycles. The first kappa shape index (κ1) is 12.8. The Kier molecular flexibility index (Phi) is 5.72. The van der Waals surface area contributed by atoms with Crippen LogP contribution in [-0.2, 0) is 9.59 Å². The number of ketones is 2. The van der Waals surface area contributed by atoms with E-state index in [2.05, 4.69) is 0 Å². The van der Waals surface area contributed by atoms with Gasteiger partial charge in [0, 0.05) is 12.8 Å². The van der Waals surface area contributed by atoms with Crippen LogP contribution in [0.15, 0.2) is 23.8 Å². The third-order valence-corrected chi connectivity index (χ3v) is 2.63. The van der Waals surface area contributed by atoms with Crippen LogP contribution < -0.4 is 0 Å². The predicted molar refractivity (Wildman–Crippen MR) is 62.0 cm³/mol. The minimum atomic E-state index is -0.356. The molecule has 0 amide bonds. The summed E-state index contributed by atoms with van der Waals surface area (Å²) in [5.74, 6) is 0.155. The van der Waals surface area contributed by atoms with E-state index in [9.17, 15) is 9.59 Å². The van der Waals surface area contributed by atoms with Gasteiger partial charge in [0.05, 0.1) is 0 Å². The molecule has 88 valence electrons. The van der Waals surface area contributed by atoms with Gasteiger partial charge in [0.2, 0.25) is 0 Å². The smallest absolute Gasteiger partial charge is 0.159 e. The maximum Gasteiger partial charge on any atom is 0.159 e. The summed E-state index contributed by atoms with van der Waals surface area (Å²) >= 11 is 0. The summed E-state index contributed by atoms with van der Waals surface area (Å²) in [6, 6.07) is 0. The lowest BCUT2D eigenvalue weighted by atomic mass is 10.1. The number of carbonyl (C=O) groups is 2.